The minimum absolute atomic E-state index is 0.00804. The molecule has 36 heavy (non-hydrogen) atoms. The van der Waals surface area contributed by atoms with Crippen LogP contribution in [0.15, 0.2) is 36.4 Å². The van der Waals surface area contributed by atoms with Crippen LogP contribution < -0.4 is 9.62 Å². The molecule has 2 aromatic carbocycles. The Hall–Kier alpha value is -1.71. The number of anilines is 1. The second-order valence-corrected chi connectivity index (χ2v) is 11.9. The van der Waals surface area contributed by atoms with Gasteiger partial charge in [0.2, 0.25) is 21.8 Å². The lowest BCUT2D eigenvalue weighted by molar-refractivity contribution is -0.140. The van der Waals surface area contributed by atoms with Crippen molar-refractivity contribution in [3.8, 4) is 0 Å². The third-order valence-corrected chi connectivity index (χ3v) is 7.98. The summed E-state index contributed by atoms with van der Waals surface area (Å²) in [6, 6.07) is 8.23. The Bertz CT molecular complexity index is 1210. The van der Waals surface area contributed by atoms with E-state index in [1.165, 1.54) is 23.1 Å². The summed E-state index contributed by atoms with van der Waals surface area (Å²) in [5.74, 6) is -0.931. The normalized spacial score (nSPS) is 13.1. The molecule has 2 unspecified atom stereocenters. The van der Waals surface area contributed by atoms with Crippen molar-refractivity contribution in [1.29, 1.82) is 0 Å². The van der Waals surface area contributed by atoms with E-state index < -0.39 is 28.5 Å². The molecule has 2 aromatic rings. The number of amides is 2. The molecule has 0 saturated heterocycles. The first-order chi connectivity index (χ1) is 16.8. The third kappa shape index (κ3) is 8.15. The first kappa shape index (κ1) is 30.5. The summed E-state index contributed by atoms with van der Waals surface area (Å²) >= 11 is 24.4. The van der Waals surface area contributed by atoms with Gasteiger partial charge in [0.1, 0.15) is 12.6 Å². The van der Waals surface area contributed by atoms with Gasteiger partial charge in [0.25, 0.3) is 0 Å². The minimum Gasteiger partial charge on any atom is -0.352 e. The smallest absolute Gasteiger partial charge is 0.244 e. The fourth-order valence-corrected chi connectivity index (χ4v) is 5.22. The zero-order chi connectivity index (χ0) is 27.2. The average Bonchev–Trinajstić information content (AvgIpc) is 2.79. The molecule has 0 bridgehead atoms. The first-order valence-electron chi connectivity index (χ1n) is 11.2. The van der Waals surface area contributed by atoms with Gasteiger partial charge < -0.3 is 10.2 Å². The lowest BCUT2D eigenvalue weighted by Crippen LogP contribution is -2.53. The Kier molecular flexibility index (Phi) is 11.2. The van der Waals surface area contributed by atoms with E-state index in [9.17, 15) is 18.0 Å². The predicted octanol–water partition coefficient (Wildman–Crippen LogP) is 5.79. The lowest BCUT2D eigenvalue weighted by atomic mass is 10.1. The molecule has 198 valence electrons. The van der Waals surface area contributed by atoms with Crippen molar-refractivity contribution in [2.75, 3.05) is 17.1 Å². The Morgan fingerprint density at radius 3 is 2.14 bits per heavy atom. The van der Waals surface area contributed by atoms with Crippen LogP contribution in [-0.4, -0.2) is 50.0 Å². The number of nitrogens with zero attached hydrogens (tertiary/aromatic N) is 2. The summed E-state index contributed by atoms with van der Waals surface area (Å²) in [7, 11) is -3.92. The zero-order valence-electron chi connectivity index (χ0n) is 20.4. The van der Waals surface area contributed by atoms with Gasteiger partial charge in [0.05, 0.1) is 27.0 Å². The van der Waals surface area contributed by atoms with E-state index in [1.807, 2.05) is 13.8 Å². The molecule has 0 spiro atoms. The molecule has 0 aliphatic carbocycles. The summed E-state index contributed by atoms with van der Waals surface area (Å²) in [4.78, 5) is 28.2. The molecule has 7 nitrogen and oxygen atoms in total. The van der Waals surface area contributed by atoms with E-state index in [1.54, 1.807) is 25.1 Å². The van der Waals surface area contributed by atoms with Gasteiger partial charge >= 0.3 is 0 Å². The number of carbonyl (C=O) groups is 2. The summed E-state index contributed by atoms with van der Waals surface area (Å²) < 4.78 is 26.3. The van der Waals surface area contributed by atoms with Crippen molar-refractivity contribution >= 4 is 73.9 Å². The maximum Gasteiger partial charge on any atom is 0.244 e. The predicted molar refractivity (Wildman–Crippen MR) is 148 cm³/mol. The fourth-order valence-electron chi connectivity index (χ4n) is 3.47. The fraction of sp³-hybridized carbons (Fsp3) is 0.417. The zero-order valence-corrected chi connectivity index (χ0v) is 24.2. The van der Waals surface area contributed by atoms with Crippen LogP contribution in [0.1, 0.15) is 39.2 Å². The summed E-state index contributed by atoms with van der Waals surface area (Å²) in [6.07, 6.45) is 1.98. The topological polar surface area (TPSA) is 86.8 Å². The van der Waals surface area contributed by atoms with Crippen LogP contribution in [0.2, 0.25) is 20.1 Å². The number of carbonyl (C=O) groups excluding carboxylic acids is 2. The van der Waals surface area contributed by atoms with Crippen LogP contribution in [0.5, 0.6) is 0 Å². The number of nitrogens with one attached hydrogen (secondary N) is 1. The molecule has 1 N–H and O–H groups in total. The van der Waals surface area contributed by atoms with Crippen LogP contribution in [0.25, 0.3) is 0 Å². The molecule has 2 atom stereocenters. The number of halogens is 4. The molecule has 0 radical (unpaired) electrons. The Labute approximate surface area is 232 Å². The van der Waals surface area contributed by atoms with E-state index in [-0.39, 0.29) is 29.2 Å². The van der Waals surface area contributed by atoms with Crippen LogP contribution in [-0.2, 0) is 26.2 Å². The summed E-state index contributed by atoms with van der Waals surface area (Å²) in [5, 5.41) is 3.93. The van der Waals surface area contributed by atoms with Crippen LogP contribution >= 0.6 is 46.4 Å². The summed E-state index contributed by atoms with van der Waals surface area (Å²) in [6.45, 7) is 5.01. The molecule has 12 heteroatoms. The third-order valence-electron chi connectivity index (χ3n) is 5.58. The largest absolute Gasteiger partial charge is 0.352 e. The molecular formula is C24H29Cl4N3O4S. The van der Waals surface area contributed by atoms with Gasteiger partial charge in [0.15, 0.2) is 0 Å². The van der Waals surface area contributed by atoms with E-state index >= 15 is 0 Å². The average molecular weight is 597 g/mol. The first-order valence-corrected chi connectivity index (χ1v) is 14.6. The van der Waals surface area contributed by atoms with Crippen molar-refractivity contribution in [2.45, 2.75) is 52.2 Å². The summed E-state index contributed by atoms with van der Waals surface area (Å²) in [5.41, 5.74) is 0.728. The Morgan fingerprint density at radius 2 is 1.61 bits per heavy atom. The Morgan fingerprint density at radius 1 is 0.944 bits per heavy atom. The van der Waals surface area contributed by atoms with E-state index in [4.69, 9.17) is 46.4 Å². The maximum atomic E-state index is 13.7. The molecule has 0 fully saturated rings. The monoisotopic (exact) mass is 595 g/mol. The van der Waals surface area contributed by atoms with Gasteiger partial charge in [-0.3, -0.25) is 13.9 Å². The lowest BCUT2D eigenvalue weighted by Gasteiger charge is -2.33. The van der Waals surface area contributed by atoms with E-state index in [0.29, 0.717) is 33.5 Å². The quantitative estimate of drug-likeness (QED) is 0.356. The molecule has 2 rings (SSSR count). The maximum absolute atomic E-state index is 13.7. The van der Waals surface area contributed by atoms with Crippen molar-refractivity contribution in [2.24, 2.45) is 0 Å². The molecule has 0 aliphatic rings. The van der Waals surface area contributed by atoms with Crippen LogP contribution in [0.4, 0.5) is 5.69 Å². The molecule has 0 saturated carbocycles. The second-order valence-electron chi connectivity index (χ2n) is 8.38. The highest BCUT2D eigenvalue weighted by atomic mass is 35.5. The van der Waals surface area contributed by atoms with Crippen LogP contribution in [0, 0.1) is 0 Å². The molecule has 0 aromatic heterocycles. The molecule has 2 amide bonds. The second kappa shape index (κ2) is 13.2. The van der Waals surface area contributed by atoms with Gasteiger partial charge in [-0.25, -0.2) is 8.42 Å². The van der Waals surface area contributed by atoms with Crippen molar-refractivity contribution in [1.82, 2.24) is 10.2 Å². The standard InChI is InChI=1S/C24H29Cl4N3O4S/c1-5-15(3)29-24(33)21(6-2)30(13-16-7-9-18(26)19(27)11-16)23(32)14-31(36(4,34)35)22-10-8-17(25)12-20(22)28/h7-12,15,21H,5-6,13-14H2,1-4H3,(H,29,33). The number of hydrogen-bond acceptors (Lipinski definition) is 4. The van der Waals surface area contributed by atoms with Crippen molar-refractivity contribution < 1.29 is 18.0 Å². The minimum atomic E-state index is -3.92. The number of benzene rings is 2. The highest BCUT2D eigenvalue weighted by Gasteiger charge is 2.32. The highest BCUT2D eigenvalue weighted by molar-refractivity contribution is 7.92. The van der Waals surface area contributed by atoms with Gasteiger partial charge in [-0.15, -0.1) is 0 Å². The van der Waals surface area contributed by atoms with Gasteiger partial charge in [-0.05, 0) is 55.7 Å². The van der Waals surface area contributed by atoms with Crippen molar-refractivity contribution in [3.05, 3.63) is 62.1 Å². The van der Waals surface area contributed by atoms with E-state index in [2.05, 4.69) is 5.32 Å². The highest BCUT2D eigenvalue weighted by Crippen LogP contribution is 2.31. The van der Waals surface area contributed by atoms with Gasteiger partial charge in [-0.1, -0.05) is 66.3 Å². The van der Waals surface area contributed by atoms with Gasteiger partial charge in [-0.2, -0.15) is 0 Å². The number of hydrogen-bond donors (Lipinski definition) is 1. The number of sulfonamides is 1. The van der Waals surface area contributed by atoms with Crippen LogP contribution in [0.3, 0.4) is 0 Å². The van der Waals surface area contributed by atoms with Crippen molar-refractivity contribution in [3.63, 3.8) is 0 Å². The van der Waals surface area contributed by atoms with E-state index in [0.717, 1.165) is 10.6 Å². The van der Waals surface area contributed by atoms with Gasteiger partial charge in [0, 0.05) is 17.6 Å². The molecule has 0 aliphatic heterocycles. The Balaban J connectivity index is 2.50. The molecule has 0 heterocycles. The number of rotatable bonds is 11. The molecular weight excluding hydrogens is 568 g/mol. The SMILES string of the molecule is CCC(C)NC(=O)C(CC)N(Cc1ccc(Cl)c(Cl)c1)C(=O)CN(c1ccc(Cl)cc1Cl)S(C)(=O)=O.